The van der Waals surface area contributed by atoms with E-state index in [1.54, 1.807) is 42.5 Å². The zero-order chi connectivity index (χ0) is 26.5. The summed E-state index contributed by atoms with van der Waals surface area (Å²) in [5, 5.41) is 0. The highest BCUT2D eigenvalue weighted by atomic mass is 32.2. The van der Waals surface area contributed by atoms with Gasteiger partial charge in [0.05, 0.1) is 16.3 Å². The second kappa shape index (κ2) is 8.78. The number of para-hydroxylation sites is 4. The predicted molar refractivity (Wildman–Crippen MR) is 136 cm³/mol. The lowest BCUT2D eigenvalue weighted by atomic mass is 10.0. The monoisotopic (exact) mass is 540 g/mol. The molecule has 4 aromatic carbocycles. The van der Waals surface area contributed by atoms with Crippen LogP contribution in [0, 0.1) is 0 Å². The van der Waals surface area contributed by atoms with Crippen molar-refractivity contribution in [1.82, 2.24) is 0 Å². The van der Waals surface area contributed by atoms with Crippen LogP contribution in [-0.4, -0.2) is 25.9 Å². The Morgan fingerprint density at radius 2 is 1.24 bits per heavy atom. The van der Waals surface area contributed by atoms with E-state index in [-0.39, 0.29) is 51.3 Å². The molecule has 1 aliphatic carbocycles. The van der Waals surface area contributed by atoms with Crippen molar-refractivity contribution in [3.8, 4) is 34.1 Å². The van der Waals surface area contributed by atoms with Crippen molar-refractivity contribution < 1.29 is 35.4 Å². The summed E-state index contributed by atoms with van der Waals surface area (Å²) in [6.07, 6.45) is 0.199. The zero-order valence-corrected chi connectivity index (χ0v) is 20.6. The molecule has 10 nitrogen and oxygen atoms in total. The zero-order valence-electron chi connectivity index (χ0n) is 19.0. The molecule has 0 atom stereocenters. The average molecular weight is 541 g/mol. The van der Waals surface area contributed by atoms with Gasteiger partial charge in [-0.3, -0.25) is 9.11 Å². The van der Waals surface area contributed by atoms with E-state index in [1.807, 2.05) is 0 Å². The summed E-state index contributed by atoms with van der Waals surface area (Å²) >= 11 is 0. The first kappa shape index (κ1) is 24.6. The van der Waals surface area contributed by atoms with E-state index in [0.717, 1.165) is 0 Å². The molecule has 0 bridgehead atoms. The van der Waals surface area contributed by atoms with Gasteiger partial charge in [-0.1, -0.05) is 30.3 Å². The first-order valence-corrected chi connectivity index (χ1v) is 13.6. The van der Waals surface area contributed by atoms with E-state index >= 15 is 0 Å². The Hall–Kier alpha value is -4.10. The van der Waals surface area contributed by atoms with Crippen molar-refractivity contribution >= 4 is 31.6 Å². The molecule has 0 aromatic heterocycles. The summed E-state index contributed by atoms with van der Waals surface area (Å²) in [6, 6.07) is 18.0. The number of nitrogen functional groups attached to an aromatic ring is 2. The van der Waals surface area contributed by atoms with Crippen LogP contribution in [-0.2, 0) is 26.7 Å². The molecule has 37 heavy (non-hydrogen) atoms. The van der Waals surface area contributed by atoms with E-state index < -0.39 is 25.1 Å². The molecule has 0 saturated carbocycles. The predicted octanol–water partition coefficient (Wildman–Crippen LogP) is 4.50. The standard InChI is InChI=1S/C25H20N2O8S2/c26-19-5-1-3-7-21(19)34-24-18-11-14-9-10-15(36(28,29)30)12-16(14)17(18)13-23(37(31,32)33)25(24)35-22-8-4-2-6-20(22)27/h1-10,12-13H,11,26-27H2,(H,28,29,30)(H,31,32,33). The molecule has 0 radical (unpaired) electrons. The van der Waals surface area contributed by atoms with Gasteiger partial charge in [-0.15, -0.1) is 0 Å². The van der Waals surface area contributed by atoms with Crippen LogP contribution in [0.3, 0.4) is 0 Å². The Bertz CT molecular complexity index is 1780. The van der Waals surface area contributed by atoms with Crippen molar-refractivity contribution in [2.24, 2.45) is 0 Å². The molecule has 0 unspecified atom stereocenters. The minimum absolute atomic E-state index is 0.0594. The number of rotatable bonds is 6. The quantitative estimate of drug-likeness (QED) is 0.177. The summed E-state index contributed by atoms with van der Waals surface area (Å²) in [5.74, 6) is -0.0823. The largest absolute Gasteiger partial charge is 0.451 e. The molecule has 0 saturated heterocycles. The SMILES string of the molecule is Nc1ccccc1Oc1c(S(=O)(=O)O)cc2c(c1Oc1ccccc1N)Cc1ccc(S(=O)(=O)O)cc1-2. The van der Waals surface area contributed by atoms with Crippen LogP contribution in [0.2, 0.25) is 0 Å². The summed E-state index contributed by atoms with van der Waals surface area (Å²) in [7, 11) is -9.44. The van der Waals surface area contributed by atoms with E-state index in [2.05, 4.69) is 0 Å². The van der Waals surface area contributed by atoms with Crippen LogP contribution in [0.5, 0.6) is 23.0 Å². The molecule has 0 fully saturated rings. The highest BCUT2D eigenvalue weighted by molar-refractivity contribution is 7.86. The van der Waals surface area contributed by atoms with Crippen LogP contribution in [0.25, 0.3) is 11.1 Å². The summed E-state index contributed by atoms with van der Waals surface area (Å²) in [5.41, 5.74) is 14.2. The first-order valence-electron chi connectivity index (χ1n) is 10.8. The smallest absolute Gasteiger partial charge is 0.298 e. The molecular weight excluding hydrogens is 520 g/mol. The Morgan fingerprint density at radius 1 is 0.676 bits per heavy atom. The van der Waals surface area contributed by atoms with Crippen molar-refractivity contribution in [3.63, 3.8) is 0 Å². The highest BCUT2D eigenvalue weighted by Gasteiger charge is 2.33. The van der Waals surface area contributed by atoms with Gasteiger partial charge < -0.3 is 20.9 Å². The van der Waals surface area contributed by atoms with Crippen LogP contribution in [0.4, 0.5) is 11.4 Å². The van der Waals surface area contributed by atoms with Crippen molar-refractivity contribution in [1.29, 1.82) is 0 Å². The van der Waals surface area contributed by atoms with E-state index in [0.29, 0.717) is 16.7 Å². The van der Waals surface area contributed by atoms with Gasteiger partial charge in [0, 0.05) is 12.0 Å². The lowest BCUT2D eigenvalue weighted by Crippen LogP contribution is -2.06. The van der Waals surface area contributed by atoms with Crippen LogP contribution < -0.4 is 20.9 Å². The average Bonchev–Trinajstić information content (AvgIpc) is 3.19. The summed E-state index contributed by atoms with van der Waals surface area (Å²) < 4.78 is 80.4. The number of hydrogen-bond acceptors (Lipinski definition) is 8. The lowest BCUT2D eigenvalue weighted by molar-refractivity contribution is 0.403. The lowest BCUT2D eigenvalue weighted by Gasteiger charge is -2.20. The topological polar surface area (TPSA) is 179 Å². The van der Waals surface area contributed by atoms with Gasteiger partial charge in [-0.25, -0.2) is 0 Å². The van der Waals surface area contributed by atoms with Gasteiger partial charge in [0.1, 0.15) is 4.90 Å². The number of nitrogens with two attached hydrogens (primary N) is 2. The van der Waals surface area contributed by atoms with Crippen LogP contribution >= 0.6 is 0 Å². The molecule has 190 valence electrons. The fourth-order valence-electron chi connectivity index (χ4n) is 4.15. The molecule has 5 rings (SSSR count). The molecule has 4 aromatic rings. The van der Waals surface area contributed by atoms with E-state index in [1.165, 1.54) is 30.3 Å². The minimum atomic E-state index is -4.90. The fraction of sp³-hybridized carbons (Fsp3) is 0.0400. The Morgan fingerprint density at radius 3 is 1.78 bits per heavy atom. The number of benzene rings is 4. The first-order chi connectivity index (χ1) is 17.4. The Balaban J connectivity index is 1.82. The van der Waals surface area contributed by atoms with Gasteiger partial charge in [-0.05, 0) is 59.2 Å². The molecule has 0 heterocycles. The number of ether oxygens (including phenoxy) is 2. The normalized spacial score (nSPS) is 12.6. The summed E-state index contributed by atoms with van der Waals surface area (Å²) in [6.45, 7) is 0. The molecule has 0 spiro atoms. The van der Waals surface area contributed by atoms with E-state index in [9.17, 15) is 25.9 Å². The van der Waals surface area contributed by atoms with E-state index in [4.69, 9.17) is 20.9 Å². The third-order valence-electron chi connectivity index (χ3n) is 5.88. The third kappa shape index (κ3) is 4.58. The van der Waals surface area contributed by atoms with Crippen LogP contribution in [0.15, 0.2) is 82.6 Å². The Labute approximate surface area is 212 Å². The third-order valence-corrected chi connectivity index (χ3v) is 7.59. The molecule has 1 aliphatic rings. The second-order valence-electron chi connectivity index (χ2n) is 8.28. The Kier molecular flexibility index (Phi) is 5.83. The molecule has 6 N–H and O–H groups in total. The van der Waals surface area contributed by atoms with Gasteiger partial charge in [0.2, 0.25) is 0 Å². The maximum Gasteiger partial charge on any atom is 0.298 e. The maximum atomic E-state index is 12.6. The molecule has 12 heteroatoms. The number of anilines is 2. The second-order valence-corrected chi connectivity index (χ2v) is 11.1. The van der Waals surface area contributed by atoms with Crippen molar-refractivity contribution in [2.75, 3.05) is 11.5 Å². The molecule has 0 aliphatic heterocycles. The van der Waals surface area contributed by atoms with Crippen LogP contribution in [0.1, 0.15) is 11.1 Å². The maximum absolute atomic E-state index is 12.6. The van der Waals surface area contributed by atoms with Gasteiger partial charge >= 0.3 is 0 Å². The minimum Gasteiger partial charge on any atom is -0.451 e. The highest BCUT2D eigenvalue weighted by Crippen LogP contribution is 2.52. The van der Waals surface area contributed by atoms with Gasteiger partial charge in [0.15, 0.2) is 23.0 Å². The molecular formula is C25H20N2O8S2. The van der Waals surface area contributed by atoms with Crippen molar-refractivity contribution in [2.45, 2.75) is 16.2 Å². The fourth-order valence-corrected chi connectivity index (χ4v) is 5.29. The van der Waals surface area contributed by atoms with Crippen molar-refractivity contribution in [3.05, 3.63) is 83.9 Å². The summed E-state index contributed by atoms with van der Waals surface area (Å²) in [4.78, 5) is -1.01. The number of fused-ring (bicyclic) bond motifs is 3. The molecule has 0 amide bonds. The van der Waals surface area contributed by atoms with Gasteiger partial charge in [0.25, 0.3) is 20.2 Å². The van der Waals surface area contributed by atoms with Gasteiger partial charge in [-0.2, -0.15) is 16.8 Å². The number of hydrogen-bond donors (Lipinski definition) is 4.